The van der Waals surface area contributed by atoms with E-state index in [1.54, 1.807) is 0 Å². The Kier molecular flexibility index (Phi) is 5.04. The number of methoxy groups -OCH3 is 1. The van der Waals surface area contributed by atoms with Gasteiger partial charge in [-0.1, -0.05) is 0 Å². The molecule has 1 aromatic carbocycles. The number of ether oxygens (including phenoxy) is 1. The van der Waals surface area contributed by atoms with Gasteiger partial charge in [0.25, 0.3) is 6.43 Å². The zero-order valence-electron chi connectivity index (χ0n) is 9.94. The van der Waals surface area contributed by atoms with Crippen LogP contribution in [-0.2, 0) is 0 Å². The Hall–Kier alpha value is -2.38. The van der Waals surface area contributed by atoms with Crippen molar-refractivity contribution in [3.05, 3.63) is 23.8 Å². The van der Waals surface area contributed by atoms with Gasteiger partial charge in [-0.25, -0.2) is 18.4 Å². The second-order valence-electron chi connectivity index (χ2n) is 3.44. The van der Waals surface area contributed by atoms with Gasteiger partial charge in [0.15, 0.2) is 0 Å². The predicted octanol–water partition coefficient (Wildman–Crippen LogP) is 1.78. The summed E-state index contributed by atoms with van der Waals surface area (Å²) in [7, 11) is 1.36. The van der Waals surface area contributed by atoms with Crippen molar-refractivity contribution in [3.8, 4) is 5.75 Å². The fourth-order valence-electron chi connectivity index (χ4n) is 1.27. The predicted molar refractivity (Wildman–Crippen MR) is 63.0 cm³/mol. The van der Waals surface area contributed by atoms with Crippen LogP contribution >= 0.6 is 0 Å². The highest BCUT2D eigenvalue weighted by Gasteiger charge is 2.14. The SMILES string of the molecule is COc1ccc(NC(=O)NCC(F)F)c(C(=O)O)c1. The van der Waals surface area contributed by atoms with Crippen molar-refractivity contribution in [2.24, 2.45) is 0 Å². The molecule has 0 aromatic heterocycles. The maximum atomic E-state index is 11.9. The second-order valence-corrected chi connectivity index (χ2v) is 3.44. The third-order valence-electron chi connectivity index (χ3n) is 2.12. The van der Waals surface area contributed by atoms with Gasteiger partial charge in [-0.2, -0.15) is 0 Å². The zero-order chi connectivity index (χ0) is 14.4. The first-order valence-electron chi connectivity index (χ1n) is 5.18. The van der Waals surface area contributed by atoms with E-state index in [0.717, 1.165) is 0 Å². The molecule has 0 spiro atoms. The van der Waals surface area contributed by atoms with Crippen LogP contribution in [0.4, 0.5) is 19.3 Å². The average Bonchev–Trinajstić information content (AvgIpc) is 2.36. The Balaban J connectivity index is 2.82. The highest BCUT2D eigenvalue weighted by molar-refractivity contribution is 6.00. The molecule has 1 rings (SSSR count). The summed E-state index contributed by atoms with van der Waals surface area (Å²) in [5, 5.41) is 13.0. The zero-order valence-corrected chi connectivity index (χ0v) is 9.94. The summed E-state index contributed by atoms with van der Waals surface area (Å²) >= 11 is 0. The van der Waals surface area contributed by atoms with Crippen LogP contribution in [0.5, 0.6) is 5.75 Å². The molecule has 0 aliphatic heterocycles. The summed E-state index contributed by atoms with van der Waals surface area (Å²) < 4.78 is 28.6. The van der Waals surface area contributed by atoms with Crippen LogP contribution in [-0.4, -0.2) is 37.2 Å². The van der Waals surface area contributed by atoms with Crippen LogP contribution in [0, 0.1) is 0 Å². The van der Waals surface area contributed by atoms with E-state index < -0.39 is 25.0 Å². The van der Waals surface area contributed by atoms with E-state index in [4.69, 9.17) is 9.84 Å². The van der Waals surface area contributed by atoms with Crippen LogP contribution in [0.2, 0.25) is 0 Å². The van der Waals surface area contributed by atoms with Crippen molar-refractivity contribution in [2.45, 2.75) is 6.43 Å². The number of aromatic carboxylic acids is 1. The molecule has 0 unspecified atom stereocenters. The molecular weight excluding hydrogens is 262 g/mol. The molecule has 0 radical (unpaired) electrons. The van der Waals surface area contributed by atoms with Gasteiger partial charge in [0.1, 0.15) is 5.75 Å². The molecule has 0 saturated carbocycles. The first-order valence-corrected chi connectivity index (χ1v) is 5.18. The van der Waals surface area contributed by atoms with Gasteiger partial charge >= 0.3 is 12.0 Å². The van der Waals surface area contributed by atoms with Crippen molar-refractivity contribution >= 4 is 17.7 Å². The highest BCUT2D eigenvalue weighted by Crippen LogP contribution is 2.22. The molecule has 104 valence electrons. The molecule has 0 heterocycles. The standard InChI is InChI=1S/C11H12F2N2O4/c1-19-6-2-3-8(7(4-6)10(16)17)15-11(18)14-5-9(12)13/h2-4,9H,5H2,1H3,(H,16,17)(H2,14,15,18). The molecule has 1 aromatic rings. The Bertz CT molecular complexity index is 480. The number of carboxylic acids is 1. The molecule has 0 aliphatic rings. The van der Waals surface area contributed by atoms with Gasteiger partial charge < -0.3 is 20.5 Å². The van der Waals surface area contributed by atoms with Gasteiger partial charge in [-0.15, -0.1) is 0 Å². The summed E-state index contributed by atoms with van der Waals surface area (Å²) in [6.45, 7) is -0.815. The highest BCUT2D eigenvalue weighted by atomic mass is 19.3. The Labute approximate surface area is 107 Å². The quantitative estimate of drug-likeness (QED) is 0.763. The number of rotatable bonds is 5. The summed E-state index contributed by atoms with van der Waals surface area (Å²) in [6, 6.07) is 3.05. The second kappa shape index (κ2) is 6.53. The maximum Gasteiger partial charge on any atom is 0.337 e. The van der Waals surface area contributed by atoms with Gasteiger partial charge in [0.2, 0.25) is 0 Å². The lowest BCUT2D eigenvalue weighted by Gasteiger charge is -2.10. The third-order valence-corrected chi connectivity index (χ3v) is 2.12. The summed E-state index contributed by atoms with van der Waals surface area (Å²) in [5.74, 6) is -0.973. The van der Waals surface area contributed by atoms with Crippen LogP contribution < -0.4 is 15.4 Å². The van der Waals surface area contributed by atoms with Crippen molar-refractivity contribution in [3.63, 3.8) is 0 Å². The Morgan fingerprint density at radius 3 is 2.63 bits per heavy atom. The lowest BCUT2D eigenvalue weighted by molar-refractivity contribution is 0.0697. The number of carbonyl (C=O) groups excluding carboxylic acids is 1. The molecule has 0 bridgehead atoms. The molecule has 0 aliphatic carbocycles. The Morgan fingerprint density at radius 2 is 2.11 bits per heavy atom. The van der Waals surface area contributed by atoms with Gasteiger partial charge in [-0.05, 0) is 18.2 Å². The number of hydrogen-bond donors (Lipinski definition) is 3. The summed E-state index contributed by atoms with van der Waals surface area (Å²) in [6.07, 6.45) is -2.68. The molecule has 3 N–H and O–H groups in total. The number of anilines is 1. The number of carbonyl (C=O) groups is 2. The molecule has 8 heteroatoms. The molecule has 0 atom stereocenters. The van der Waals surface area contributed by atoms with Crippen LogP contribution in [0.3, 0.4) is 0 Å². The number of halogens is 2. The van der Waals surface area contributed by atoms with E-state index in [-0.39, 0.29) is 11.3 Å². The molecular formula is C11H12F2N2O4. The molecule has 0 saturated heterocycles. The van der Waals surface area contributed by atoms with Crippen molar-refractivity contribution in [1.82, 2.24) is 5.32 Å². The molecule has 19 heavy (non-hydrogen) atoms. The van der Waals surface area contributed by atoms with Gasteiger partial charge in [0, 0.05) is 0 Å². The fourth-order valence-corrected chi connectivity index (χ4v) is 1.27. The van der Waals surface area contributed by atoms with Gasteiger partial charge in [0.05, 0.1) is 24.9 Å². The summed E-state index contributed by atoms with van der Waals surface area (Å²) in [5.41, 5.74) is -0.216. The maximum absolute atomic E-state index is 11.9. The number of nitrogens with one attached hydrogen (secondary N) is 2. The number of hydrogen-bond acceptors (Lipinski definition) is 3. The van der Waals surface area contributed by atoms with E-state index in [1.807, 2.05) is 5.32 Å². The van der Waals surface area contributed by atoms with E-state index in [1.165, 1.54) is 25.3 Å². The Morgan fingerprint density at radius 1 is 1.42 bits per heavy atom. The molecule has 6 nitrogen and oxygen atoms in total. The largest absolute Gasteiger partial charge is 0.497 e. The van der Waals surface area contributed by atoms with Crippen molar-refractivity contribution < 1.29 is 28.2 Å². The lowest BCUT2D eigenvalue weighted by atomic mass is 10.1. The minimum atomic E-state index is -2.68. The van der Waals surface area contributed by atoms with Crippen molar-refractivity contribution in [1.29, 1.82) is 0 Å². The summed E-state index contributed by atoms with van der Waals surface area (Å²) in [4.78, 5) is 22.3. The molecule has 2 amide bonds. The molecule has 0 fully saturated rings. The third kappa shape index (κ3) is 4.41. The topological polar surface area (TPSA) is 87.7 Å². The number of urea groups is 1. The van der Waals surface area contributed by atoms with E-state index in [0.29, 0.717) is 5.75 Å². The first kappa shape index (κ1) is 14.7. The lowest BCUT2D eigenvalue weighted by Crippen LogP contribution is -2.33. The monoisotopic (exact) mass is 274 g/mol. The number of amides is 2. The number of benzene rings is 1. The number of carboxylic acid groups (broad SMARTS) is 1. The average molecular weight is 274 g/mol. The normalized spacial score (nSPS) is 10.1. The van der Waals surface area contributed by atoms with Crippen molar-refractivity contribution in [2.75, 3.05) is 19.0 Å². The first-order chi connectivity index (χ1) is 8.93. The van der Waals surface area contributed by atoms with Gasteiger partial charge in [-0.3, -0.25) is 0 Å². The minimum absolute atomic E-state index is 0.0138. The van der Waals surface area contributed by atoms with E-state index >= 15 is 0 Å². The smallest absolute Gasteiger partial charge is 0.337 e. The minimum Gasteiger partial charge on any atom is -0.497 e. The van der Waals surface area contributed by atoms with E-state index in [9.17, 15) is 18.4 Å². The van der Waals surface area contributed by atoms with Crippen LogP contribution in [0.1, 0.15) is 10.4 Å². The van der Waals surface area contributed by atoms with E-state index in [2.05, 4.69) is 5.32 Å². The number of alkyl halides is 2. The van der Waals surface area contributed by atoms with Crippen LogP contribution in [0.25, 0.3) is 0 Å². The fraction of sp³-hybridized carbons (Fsp3) is 0.273. The van der Waals surface area contributed by atoms with Crippen LogP contribution in [0.15, 0.2) is 18.2 Å².